The molecule has 1 unspecified atom stereocenters. The minimum absolute atomic E-state index is 0.0599. The van der Waals surface area contributed by atoms with Gasteiger partial charge in [-0.3, -0.25) is 4.79 Å². The van der Waals surface area contributed by atoms with Crippen molar-refractivity contribution in [2.75, 3.05) is 6.54 Å². The quantitative estimate of drug-likeness (QED) is 0.814. The Balaban J connectivity index is 1.78. The highest BCUT2D eigenvalue weighted by atomic mass is 35.5. The molecule has 0 bridgehead atoms. The SMILES string of the molecule is CC1c2cc(F)ccc2CCN1C(=O)Cc1ccc(Cl)cc1. The van der Waals surface area contributed by atoms with E-state index in [0.717, 1.165) is 23.1 Å². The highest BCUT2D eigenvalue weighted by molar-refractivity contribution is 6.30. The first-order chi connectivity index (χ1) is 10.5. The van der Waals surface area contributed by atoms with E-state index in [2.05, 4.69) is 0 Å². The molecule has 0 spiro atoms. The number of nitrogens with zero attached hydrogens (tertiary/aromatic N) is 1. The van der Waals surface area contributed by atoms with Gasteiger partial charge in [-0.15, -0.1) is 0 Å². The summed E-state index contributed by atoms with van der Waals surface area (Å²) in [6.45, 7) is 2.63. The second-order valence-electron chi connectivity index (χ2n) is 5.66. The van der Waals surface area contributed by atoms with E-state index >= 15 is 0 Å². The molecule has 2 aromatic rings. The fraction of sp³-hybridized carbons (Fsp3) is 0.278. The van der Waals surface area contributed by atoms with Gasteiger partial charge in [-0.1, -0.05) is 29.8 Å². The van der Waals surface area contributed by atoms with Gasteiger partial charge in [0.05, 0.1) is 12.5 Å². The van der Waals surface area contributed by atoms with Crippen LogP contribution in [0.25, 0.3) is 0 Å². The average molecular weight is 318 g/mol. The third-order valence-electron chi connectivity index (χ3n) is 4.24. The minimum Gasteiger partial charge on any atom is -0.335 e. The number of rotatable bonds is 2. The Morgan fingerprint density at radius 2 is 2.00 bits per heavy atom. The van der Waals surface area contributed by atoms with Crippen LogP contribution < -0.4 is 0 Å². The molecule has 3 rings (SSSR count). The highest BCUT2D eigenvalue weighted by Gasteiger charge is 2.27. The second kappa shape index (κ2) is 6.09. The number of hydrogen-bond acceptors (Lipinski definition) is 1. The van der Waals surface area contributed by atoms with Crippen LogP contribution in [-0.2, 0) is 17.6 Å². The van der Waals surface area contributed by atoms with E-state index in [9.17, 15) is 9.18 Å². The normalized spacial score (nSPS) is 17.2. The molecule has 1 amide bonds. The first-order valence-electron chi connectivity index (χ1n) is 7.37. The lowest BCUT2D eigenvalue weighted by molar-refractivity contribution is -0.133. The largest absolute Gasteiger partial charge is 0.335 e. The van der Waals surface area contributed by atoms with Gasteiger partial charge >= 0.3 is 0 Å². The van der Waals surface area contributed by atoms with Crippen LogP contribution in [-0.4, -0.2) is 17.4 Å². The monoisotopic (exact) mass is 317 g/mol. The predicted octanol–water partition coefficient (Wildman–Crippen LogP) is 4.17. The topological polar surface area (TPSA) is 20.3 Å². The summed E-state index contributed by atoms with van der Waals surface area (Å²) in [5, 5.41) is 0.659. The van der Waals surface area contributed by atoms with Crippen molar-refractivity contribution in [1.29, 1.82) is 0 Å². The molecule has 0 N–H and O–H groups in total. The van der Waals surface area contributed by atoms with Crippen LogP contribution in [0.2, 0.25) is 5.02 Å². The molecule has 0 fully saturated rings. The predicted molar refractivity (Wildman–Crippen MR) is 85.4 cm³/mol. The summed E-state index contributed by atoms with van der Waals surface area (Å²) in [5.41, 5.74) is 2.98. The maximum Gasteiger partial charge on any atom is 0.227 e. The Morgan fingerprint density at radius 3 is 2.73 bits per heavy atom. The third kappa shape index (κ3) is 3.00. The number of hydrogen-bond donors (Lipinski definition) is 0. The zero-order valence-corrected chi connectivity index (χ0v) is 13.1. The van der Waals surface area contributed by atoms with Gasteiger partial charge in [-0.2, -0.15) is 0 Å². The summed E-state index contributed by atoms with van der Waals surface area (Å²) in [7, 11) is 0. The smallest absolute Gasteiger partial charge is 0.227 e. The molecule has 0 aliphatic carbocycles. The zero-order valence-electron chi connectivity index (χ0n) is 12.4. The lowest BCUT2D eigenvalue weighted by atomic mass is 9.93. The Labute approximate surface area is 134 Å². The van der Waals surface area contributed by atoms with Crippen LogP contribution >= 0.6 is 11.6 Å². The Bertz CT molecular complexity index is 699. The van der Waals surface area contributed by atoms with Crippen LogP contribution in [0.15, 0.2) is 42.5 Å². The molecular formula is C18H17ClFNO. The van der Waals surface area contributed by atoms with Crippen LogP contribution in [0.3, 0.4) is 0 Å². The summed E-state index contributed by atoms with van der Waals surface area (Å²) >= 11 is 5.86. The van der Waals surface area contributed by atoms with Gasteiger partial charge in [0, 0.05) is 11.6 Å². The summed E-state index contributed by atoms with van der Waals surface area (Å²) < 4.78 is 13.5. The molecule has 1 aliphatic heterocycles. The average Bonchev–Trinajstić information content (AvgIpc) is 2.50. The Hall–Kier alpha value is -1.87. The summed E-state index contributed by atoms with van der Waals surface area (Å²) in [4.78, 5) is 14.4. The lowest BCUT2D eigenvalue weighted by Crippen LogP contribution is -2.39. The molecule has 2 nitrogen and oxygen atoms in total. The fourth-order valence-electron chi connectivity index (χ4n) is 3.00. The number of benzene rings is 2. The molecule has 4 heteroatoms. The van der Waals surface area contributed by atoms with Crippen LogP contribution in [0.5, 0.6) is 0 Å². The number of carbonyl (C=O) groups is 1. The molecule has 1 heterocycles. The van der Waals surface area contributed by atoms with Gasteiger partial charge in [-0.05, 0) is 54.3 Å². The molecule has 22 heavy (non-hydrogen) atoms. The van der Waals surface area contributed by atoms with E-state index in [-0.39, 0.29) is 17.8 Å². The Kier molecular flexibility index (Phi) is 4.16. The maximum atomic E-state index is 13.5. The van der Waals surface area contributed by atoms with E-state index < -0.39 is 0 Å². The van der Waals surface area contributed by atoms with Gasteiger partial charge in [0.1, 0.15) is 5.82 Å². The molecule has 1 atom stereocenters. The molecule has 1 aliphatic rings. The van der Waals surface area contributed by atoms with Gasteiger partial charge in [0.2, 0.25) is 5.91 Å². The van der Waals surface area contributed by atoms with Crippen molar-refractivity contribution in [3.8, 4) is 0 Å². The van der Waals surface area contributed by atoms with Crippen molar-refractivity contribution in [2.45, 2.75) is 25.8 Å². The van der Waals surface area contributed by atoms with Crippen LogP contribution in [0, 0.1) is 5.82 Å². The molecule has 0 radical (unpaired) electrons. The van der Waals surface area contributed by atoms with E-state index in [1.807, 2.05) is 30.0 Å². The molecule has 0 saturated carbocycles. The molecule has 2 aromatic carbocycles. The van der Waals surface area contributed by atoms with E-state index in [1.54, 1.807) is 18.2 Å². The number of fused-ring (bicyclic) bond motifs is 1. The first kappa shape index (κ1) is 15.0. The summed E-state index contributed by atoms with van der Waals surface area (Å²) in [5.74, 6) is -0.192. The van der Waals surface area contributed by atoms with Gasteiger partial charge < -0.3 is 4.90 Å². The first-order valence-corrected chi connectivity index (χ1v) is 7.74. The third-order valence-corrected chi connectivity index (χ3v) is 4.49. The Morgan fingerprint density at radius 1 is 1.27 bits per heavy atom. The van der Waals surface area contributed by atoms with E-state index in [0.29, 0.717) is 18.0 Å². The van der Waals surface area contributed by atoms with Crippen molar-refractivity contribution in [2.24, 2.45) is 0 Å². The van der Waals surface area contributed by atoms with Gasteiger partial charge in [0.15, 0.2) is 0 Å². The van der Waals surface area contributed by atoms with Crippen molar-refractivity contribution in [3.63, 3.8) is 0 Å². The molecule has 0 saturated heterocycles. The second-order valence-corrected chi connectivity index (χ2v) is 6.10. The van der Waals surface area contributed by atoms with Crippen LogP contribution in [0.1, 0.15) is 29.7 Å². The minimum atomic E-state index is -0.252. The van der Waals surface area contributed by atoms with E-state index in [4.69, 9.17) is 11.6 Å². The van der Waals surface area contributed by atoms with E-state index in [1.165, 1.54) is 6.07 Å². The summed E-state index contributed by atoms with van der Waals surface area (Å²) in [6.07, 6.45) is 1.11. The van der Waals surface area contributed by atoms with Crippen molar-refractivity contribution >= 4 is 17.5 Å². The molecule has 0 aromatic heterocycles. The zero-order chi connectivity index (χ0) is 15.7. The summed E-state index contributed by atoms with van der Waals surface area (Å²) in [6, 6.07) is 12.0. The van der Waals surface area contributed by atoms with Crippen molar-refractivity contribution in [1.82, 2.24) is 4.90 Å². The fourth-order valence-corrected chi connectivity index (χ4v) is 3.13. The lowest BCUT2D eigenvalue weighted by Gasteiger charge is -2.35. The number of halogens is 2. The highest BCUT2D eigenvalue weighted by Crippen LogP contribution is 2.30. The van der Waals surface area contributed by atoms with Gasteiger partial charge in [-0.25, -0.2) is 4.39 Å². The van der Waals surface area contributed by atoms with Crippen molar-refractivity contribution < 1.29 is 9.18 Å². The number of amides is 1. The maximum absolute atomic E-state index is 13.5. The van der Waals surface area contributed by atoms with Crippen LogP contribution in [0.4, 0.5) is 4.39 Å². The van der Waals surface area contributed by atoms with Crippen molar-refractivity contribution in [3.05, 3.63) is 70.0 Å². The van der Waals surface area contributed by atoms with Gasteiger partial charge in [0.25, 0.3) is 0 Å². The molecular weight excluding hydrogens is 301 g/mol. The molecule has 114 valence electrons. The standard InChI is InChI=1S/C18H17ClFNO/c1-12-17-11-16(20)7-4-14(17)8-9-21(12)18(22)10-13-2-5-15(19)6-3-13/h2-7,11-12H,8-10H2,1H3. The number of carbonyl (C=O) groups excluding carboxylic acids is 1.